The second-order valence-corrected chi connectivity index (χ2v) is 9.15. The summed E-state index contributed by atoms with van der Waals surface area (Å²) < 4.78 is 38.3. The molecule has 0 fully saturated rings. The minimum atomic E-state index is -0.357. The highest BCUT2D eigenvalue weighted by molar-refractivity contribution is 5.79. The number of hydrogen-bond acceptors (Lipinski definition) is 8. The van der Waals surface area contributed by atoms with E-state index in [-0.39, 0.29) is 12.0 Å². The molecular formula is C31H43NO8. The van der Waals surface area contributed by atoms with Gasteiger partial charge in [-0.1, -0.05) is 54.6 Å². The smallest absolute Gasteiger partial charge is 0.409 e. The molecule has 40 heavy (non-hydrogen) atoms. The molecule has 9 nitrogen and oxygen atoms in total. The molecule has 1 aliphatic rings. The second kappa shape index (κ2) is 19.3. The zero-order valence-corrected chi connectivity index (χ0v) is 23.6. The number of rotatable bonds is 22. The Kier molecular flexibility index (Phi) is 15.3. The maximum Gasteiger partial charge on any atom is 0.409 e. The summed E-state index contributed by atoms with van der Waals surface area (Å²) in [6.07, 6.45) is 1.35. The number of ether oxygens (including phenoxy) is 7. The lowest BCUT2D eigenvalue weighted by atomic mass is 9.98. The van der Waals surface area contributed by atoms with Crippen LogP contribution < -0.4 is 0 Å². The van der Waals surface area contributed by atoms with Crippen molar-refractivity contribution in [3.05, 3.63) is 72.3 Å². The molecule has 0 saturated heterocycles. The van der Waals surface area contributed by atoms with E-state index in [9.17, 15) is 4.79 Å². The minimum absolute atomic E-state index is 0.0487. The molecular weight excluding hydrogens is 514 g/mol. The molecule has 0 N–H and O–H groups in total. The number of carbonyl (C=O) groups excluding carboxylic acids is 1. The summed E-state index contributed by atoms with van der Waals surface area (Å²) >= 11 is 0. The largest absolute Gasteiger partial charge is 0.448 e. The number of amides is 1. The first-order chi connectivity index (χ1) is 19.7. The van der Waals surface area contributed by atoms with Crippen molar-refractivity contribution >= 4 is 6.09 Å². The highest BCUT2D eigenvalue weighted by Crippen LogP contribution is 2.44. The van der Waals surface area contributed by atoms with Crippen LogP contribution in [0.4, 0.5) is 4.79 Å². The van der Waals surface area contributed by atoms with Crippen LogP contribution >= 0.6 is 0 Å². The molecule has 0 unspecified atom stereocenters. The maximum absolute atomic E-state index is 12.5. The van der Waals surface area contributed by atoms with Gasteiger partial charge in [0.15, 0.2) is 0 Å². The third-order valence-electron chi connectivity index (χ3n) is 6.31. The van der Waals surface area contributed by atoms with E-state index in [1.807, 2.05) is 24.3 Å². The lowest BCUT2D eigenvalue weighted by Gasteiger charge is -2.19. The van der Waals surface area contributed by atoms with Gasteiger partial charge in [-0.25, -0.2) is 4.79 Å². The molecule has 0 aromatic heterocycles. The summed E-state index contributed by atoms with van der Waals surface area (Å²) in [6, 6.07) is 16.6. The van der Waals surface area contributed by atoms with Gasteiger partial charge in [-0.3, -0.25) is 0 Å². The summed E-state index contributed by atoms with van der Waals surface area (Å²) in [5.41, 5.74) is 4.82. The van der Waals surface area contributed by atoms with Crippen LogP contribution in [0, 0.1) is 0 Å². The Labute approximate surface area is 237 Å². The van der Waals surface area contributed by atoms with Crippen molar-refractivity contribution in [3.63, 3.8) is 0 Å². The number of benzene rings is 2. The first-order valence-electron chi connectivity index (χ1n) is 13.9. The fourth-order valence-electron chi connectivity index (χ4n) is 4.26. The first-order valence-corrected chi connectivity index (χ1v) is 13.9. The minimum Gasteiger partial charge on any atom is -0.448 e. The third-order valence-corrected chi connectivity index (χ3v) is 6.31. The van der Waals surface area contributed by atoms with Crippen LogP contribution in [-0.4, -0.2) is 110 Å². The highest BCUT2D eigenvalue weighted by Gasteiger charge is 2.29. The van der Waals surface area contributed by atoms with E-state index in [0.717, 1.165) is 0 Å². The van der Waals surface area contributed by atoms with E-state index < -0.39 is 0 Å². The zero-order chi connectivity index (χ0) is 28.3. The van der Waals surface area contributed by atoms with Crippen LogP contribution in [0.25, 0.3) is 11.1 Å². The predicted octanol–water partition coefficient (Wildman–Crippen LogP) is 4.15. The van der Waals surface area contributed by atoms with Gasteiger partial charge in [-0.2, -0.15) is 0 Å². The summed E-state index contributed by atoms with van der Waals surface area (Å²) in [5.74, 6) is 0.0487. The van der Waals surface area contributed by atoms with Crippen molar-refractivity contribution in [2.24, 2.45) is 0 Å². The van der Waals surface area contributed by atoms with Gasteiger partial charge in [0.2, 0.25) is 0 Å². The van der Waals surface area contributed by atoms with E-state index in [1.54, 1.807) is 13.1 Å². The Morgan fingerprint density at radius 2 is 1.12 bits per heavy atom. The van der Waals surface area contributed by atoms with Crippen molar-refractivity contribution in [1.29, 1.82) is 0 Å². The van der Waals surface area contributed by atoms with Gasteiger partial charge in [0, 0.05) is 19.5 Å². The highest BCUT2D eigenvalue weighted by atomic mass is 16.6. The summed E-state index contributed by atoms with van der Waals surface area (Å²) in [4.78, 5) is 14.1. The molecule has 0 bridgehead atoms. The monoisotopic (exact) mass is 557 g/mol. The Balaban J connectivity index is 1.12. The first kappa shape index (κ1) is 31.7. The average Bonchev–Trinajstić information content (AvgIpc) is 3.30. The molecule has 2 aromatic rings. The summed E-state index contributed by atoms with van der Waals surface area (Å²) in [5, 5.41) is 0. The lowest BCUT2D eigenvalue weighted by molar-refractivity contribution is -0.0163. The topological polar surface area (TPSA) is 84.9 Å². The van der Waals surface area contributed by atoms with Gasteiger partial charge in [0.1, 0.15) is 6.61 Å². The fraction of sp³-hybridized carbons (Fsp3) is 0.516. The van der Waals surface area contributed by atoms with Crippen LogP contribution in [0.5, 0.6) is 0 Å². The predicted molar refractivity (Wildman–Crippen MR) is 153 cm³/mol. The molecule has 0 atom stereocenters. The van der Waals surface area contributed by atoms with Crippen LogP contribution in [-0.2, 0) is 33.2 Å². The zero-order valence-electron chi connectivity index (χ0n) is 23.6. The normalized spacial score (nSPS) is 12.2. The van der Waals surface area contributed by atoms with Gasteiger partial charge >= 0.3 is 6.09 Å². The second-order valence-electron chi connectivity index (χ2n) is 9.15. The number of carbonyl (C=O) groups is 1. The van der Waals surface area contributed by atoms with E-state index in [4.69, 9.17) is 33.2 Å². The summed E-state index contributed by atoms with van der Waals surface area (Å²) in [6.45, 7) is 10.3. The Bertz CT molecular complexity index is 955. The summed E-state index contributed by atoms with van der Waals surface area (Å²) in [7, 11) is 1.72. The van der Waals surface area contributed by atoms with Crippen molar-refractivity contribution in [3.8, 4) is 11.1 Å². The number of hydrogen-bond donors (Lipinski definition) is 0. The number of likely N-dealkylation sites (N-methyl/N-ethyl adjacent to an activating group) is 1. The molecule has 9 heteroatoms. The molecule has 0 spiro atoms. The van der Waals surface area contributed by atoms with Gasteiger partial charge in [-0.15, -0.1) is 6.58 Å². The van der Waals surface area contributed by atoms with Crippen molar-refractivity contribution < 1.29 is 38.0 Å². The lowest BCUT2D eigenvalue weighted by Crippen LogP contribution is -2.32. The van der Waals surface area contributed by atoms with Gasteiger partial charge in [0.25, 0.3) is 0 Å². The Hall–Kier alpha value is -2.79. The molecule has 2 aromatic carbocycles. The molecule has 3 rings (SSSR count). The van der Waals surface area contributed by atoms with E-state index in [2.05, 4.69) is 30.8 Å². The third kappa shape index (κ3) is 11.0. The van der Waals surface area contributed by atoms with Crippen LogP contribution in [0.1, 0.15) is 17.0 Å². The van der Waals surface area contributed by atoms with Crippen LogP contribution in [0.2, 0.25) is 0 Å². The molecule has 0 aliphatic heterocycles. The van der Waals surface area contributed by atoms with Crippen molar-refractivity contribution in [2.45, 2.75) is 5.92 Å². The van der Waals surface area contributed by atoms with Crippen molar-refractivity contribution in [2.75, 3.05) is 99.5 Å². The SMILES string of the molecule is C=CCOCCOCCOCCOCCOCCOCCN(C)C(=O)OCC1c2ccccc2-c2ccccc21. The molecule has 0 heterocycles. The Morgan fingerprint density at radius 1 is 0.700 bits per heavy atom. The van der Waals surface area contributed by atoms with Crippen LogP contribution in [0.3, 0.4) is 0 Å². The van der Waals surface area contributed by atoms with Gasteiger partial charge in [-0.05, 0) is 22.3 Å². The van der Waals surface area contributed by atoms with Gasteiger partial charge < -0.3 is 38.1 Å². The van der Waals surface area contributed by atoms with E-state index >= 15 is 0 Å². The van der Waals surface area contributed by atoms with Gasteiger partial charge in [0.05, 0.1) is 79.3 Å². The molecule has 0 radical (unpaired) electrons. The van der Waals surface area contributed by atoms with E-state index in [1.165, 1.54) is 27.2 Å². The fourth-order valence-corrected chi connectivity index (χ4v) is 4.26. The standard InChI is InChI=1S/C31H43NO8/c1-3-13-34-15-17-36-19-21-38-23-24-39-22-20-37-18-16-35-14-12-32(2)31(33)40-25-30-28-10-6-4-8-26(28)27-9-5-7-11-29(27)30/h3-11,30H,1,12-25H2,2H3. The number of fused-ring (bicyclic) bond motifs is 3. The van der Waals surface area contributed by atoms with Crippen molar-refractivity contribution in [1.82, 2.24) is 4.90 Å². The van der Waals surface area contributed by atoms with E-state index in [0.29, 0.717) is 92.4 Å². The molecule has 1 amide bonds. The molecule has 1 aliphatic carbocycles. The maximum atomic E-state index is 12.5. The average molecular weight is 558 g/mol. The Morgan fingerprint density at radius 3 is 1.60 bits per heavy atom. The molecule has 0 saturated carbocycles. The molecule has 220 valence electrons. The number of nitrogens with zero attached hydrogens (tertiary/aromatic N) is 1. The quantitative estimate of drug-likeness (QED) is 0.158. The van der Waals surface area contributed by atoms with Crippen LogP contribution in [0.15, 0.2) is 61.2 Å².